The van der Waals surface area contributed by atoms with Crippen LogP contribution in [-0.4, -0.2) is 17.2 Å². The van der Waals surface area contributed by atoms with Gasteiger partial charge in [0.2, 0.25) is 0 Å². The molecular weight excluding hydrogens is 136 g/mol. The Balaban J connectivity index is 3.60. The molecule has 0 fully saturated rings. The minimum atomic E-state index is -0.220. The minimum Gasteiger partial charge on any atom is -0.461 e. The van der Waals surface area contributed by atoms with E-state index in [9.17, 15) is 4.79 Å². The third-order valence-electron chi connectivity index (χ3n) is 0.556. The summed E-state index contributed by atoms with van der Waals surface area (Å²) in [6.07, 6.45) is 0. The van der Waals surface area contributed by atoms with Crippen molar-refractivity contribution in [2.45, 2.75) is 25.5 Å². The highest BCUT2D eigenvalue weighted by molar-refractivity contribution is 8.14. The Morgan fingerprint density at radius 2 is 1.89 bits per heavy atom. The van der Waals surface area contributed by atoms with E-state index in [0.29, 0.717) is 0 Å². The fourth-order valence-corrected chi connectivity index (χ4v) is 0.875. The molecule has 0 heterocycles. The molecule has 3 heteroatoms. The summed E-state index contributed by atoms with van der Waals surface area (Å²) in [6, 6.07) is 0. The molecule has 0 aromatic carbocycles. The van der Waals surface area contributed by atoms with Gasteiger partial charge in [-0.1, -0.05) is 20.8 Å². The summed E-state index contributed by atoms with van der Waals surface area (Å²) in [5.74, 6) is 0. The first-order valence-corrected chi connectivity index (χ1v) is 3.54. The molecule has 9 heavy (non-hydrogen) atoms. The van der Waals surface area contributed by atoms with Crippen molar-refractivity contribution in [2.24, 2.45) is 0 Å². The number of methoxy groups -OCH3 is 1. The lowest BCUT2D eigenvalue weighted by Crippen LogP contribution is -2.11. The average Bonchev–Trinajstić information content (AvgIpc) is 1.62. The fourth-order valence-electron chi connectivity index (χ4n) is 0.292. The first kappa shape index (κ1) is 8.82. The van der Waals surface area contributed by atoms with E-state index in [4.69, 9.17) is 0 Å². The standard InChI is InChI=1S/C6H12O2S/c1-6(2,3)9-5(7)8-4/h1-4H3. The van der Waals surface area contributed by atoms with Crippen molar-refractivity contribution >= 4 is 17.1 Å². The van der Waals surface area contributed by atoms with Crippen LogP contribution in [0.4, 0.5) is 4.79 Å². The van der Waals surface area contributed by atoms with Crippen LogP contribution in [0, 0.1) is 0 Å². The number of carbonyl (C=O) groups excluding carboxylic acids is 1. The molecule has 0 atom stereocenters. The van der Waals surface area contributed by atoms with Gasteiger partial charge >= 0.3 is 5.30 Å². The zero-order valence-corrected chi connectivity index (χ0v) is 7.04. The maximum atomic E-state index is 10.6. The SMILES string of the molecule is COC(=O)SC(C)(C)C. The van der Waals surface area contributed by atoms with Crippen molar-refractivity contribution in [3.63, 3.8) is 0 Å². The third-order valence-corrected chi connectivity index (χ3v) is 1.50. The van der Waals surface area contributed by atoms with Crippen LogP contribution in [0.3, 0.4) is 0 Å². The summed E-state index contributed by atoms with van der Waals surface area (Å²) in [7, 11) is 1.39. The molecule has 0 saturated heterocycles. The number of carbonyl (C=O) groups is 1. The molecule has 0 amide bonds. The molecular formula is C6H12O2S. The van der Waals surface area contributed by atoms with Crippen LogP contribution in [0.25, 0.3) is 0 Å². The molecule has 0 unspecified atom stereocenters. The molecule has 2 nitrogen and oxygen atoms in total. The van der Waals surface area contributed by atoms with E-state index in [0.717, 1.165) is 0 Å². The Hall–Kier alpha value is -0.180. The quantitative estimate of drug-likeness (QED) is 0.493. The van der Waals surface area contributed by atoms with Gasteiger partial charge in [0, 0.05) is 4.75 Å². The summed E-state index contributed by atoms with van der Waals surface area (Å²) in [5, 5.41) is -0.220. The molecule has 0 rings (SSSR count). The molecule has 54 valence electrons. The van der Waals surface area contributed by atoms with Crippen molar-refractivity contribution in [1.82, 2.24) is 0 Å². The summed E-state index contributed by atoms with van der Waals surface area (Å²) >= 11 is 1.20. The highest BCUT2D eigenvalue weighted by atomic mass is 32.2. The van der Waals surface area contributed by atoms with Gasteiger partial charge in [0.25, 0.3) is 0 Å². The van der Waals surface area contributed by atoms with Crippen LogP contribution >= 0.6 is 11.8 Å². The normalized spacial score (nSPS) is 11.1. The van der Waals surface area contributed by atoms with Gasteiger partial charge in [-0.3, -0.25) is 0 Å². The molecule has 0 aromatic rings. The van der Waals surface area contributed by atoms with Crippen LogP contribution in [0.1, 0.15) is 20.8 Å². The lowest BCUT2D eigenvalue weighted by molar-refractivity contribution is 0.200. The van der Waals surface area contributed by atoms with E-state index in [-0.39, 0.29) is 10.0 Å². The maximum Gasteiger partial charge on any atom is 0.367 e. The van der Waals surface area contributed by atoms with Crippen molar-refractivity contribution in [2.75, 3.05) is 7.11 Å². The highest BCUT2D eigenvalue weighted by Crippen LogP contribution is 2.24. The second kappa shape index (κ2) is 3.11. The van der Waals surface area contributed by atoms with Crippen molar-refractivity contribution in [3.05, 3.63) is 0 Å². The first-order chi connectivity index (χ1) is 3.95. The van der Waals surface area contributed by atoms with E-state index in [1.54, 1.807) is 0 Å². The molecule has 0 radical (unpaired) electrons. The van der Waals surface area contributed by atoms with Crippen LogP contribution < -0.4 is 0 Å². The van der Waals surface area contributed by atoms with Gasteiger partial charge in [0.05, 0.1) is 7.11 Å². The summed E-state index contributed by atoms with van der Waals surface area (Å²) in [5.41, 5.74) is 0. The summed E-state index contributed by atoms with van der Waals surface area (Å²) in [4.78, 5) is 10.6. The zero-order chi connectivity index (χ0) is 7.49. The van der Waals surface area contributed by atoms with Gasteiger partial charge < -0.3 is 4.74 Å². The van der Waals surface area contributed by atoms with Crippen molar-refractivity contribution in [3.8, 4) is 0 Å². The van der Waals surface area contributed by atoms with Crippen LogP contribution in [-0.2, 0) is 4.74 Å². The largest absolute Gasteiger partial charge is 0.461 e. The lowest BCUT2D eigenvalue weighted by Gasteiger charge is -2.13. The molecule has 0 aliphatic carbocycles. The molecule has 0 N–H and O–H groups in total. The lowest BCUT2D eigenvalue weighted by atomic mass is 10.3. The van der Waals surface area contributed by atoms with Crippen LogP contribution in [0.5, 0.6) is 0 Å². The van der Waals surface area contributed by atoms with Gasteiger partial charge in [-0.15, -0.1) is 0 Å². The Morgan fingerprint density at radius 3 is 2.00 bits per heavy atom. The predicted octanol–water partition coefficient (Wildman–Crippen LogP) is 2.28. The maximum absolute atomic E-state index is 10.6. The highest BCUT2D eigenvalue weighted by Gasteiger charge is 2.16. The van der Waals surface area contributed by atoms with E-state index in [1.165, 1.54) is 18.9 Å². The molecule has 0 aromatic heterocycles. The van der Waals surface area contributed by atoms with Gasteiger partial charge in [-0.2, -0.15) is 0 Å². The topological polar surface area (TPSA) is 26.3 Å². The summed E-state index contributed by atoms with van der Waals surface area (Å²) in [6.45, 7) is 5.90. The van der Waals surface area contributed by atoms with Gasteiger partial charge in [0.1, 0.15) is 0 Å². The monoisotopic (exact) mass is 148 g/mol. The predicted molar refractivity (Wildman–Crippen MR) is 39.7 cm³/mol. The first-order valence-electron chi connectivity index (χ1n) is 2.72. The second-order valence-electron chi connectivity index (χ2n) is 2.67. The smallest absolute Gasteiger partial charge is 0.367 e. The molecule has 0 saturated carbocycles. The van der Waals surface area contributed by atoms with Gasteiger partial charge in [-0.05, 0) is 11.8 Å². The minimum absolute atomic E-state index is 0.0346. The molecule has 0 aliphatic heterocycles. The van der Waals surface area contributed by atoms with Crippen molar-refractivity contribution in [1.29, 1.82) is 0 Å². The third kappa shape index (κ3) is 5.69. The number of ether oxygens (including phenoxy) is 1. The summed E-state index contributed by atoms with van der Waals surface area (Å²) < 4.78 is 4.42. The number of hydrogen-bond acceptors (Lipinski definition) is 3. The van der Waals surface area contributed by atoms with Gasteiger partial charge in [0.15, 0.2) is 0 Å². The Kier molecular flexibility index (Phi) is 3.04. The Labute approximate surface area is 60.0 Å². The zero-order valence-electron chi connectivity index (χ0n) is 6.22. The number of hydrogen-bond donors (Lipinski definition) is 0. The van der Waals surface area contributed by atoms with E-state index < -0.39 is 0 Å². The molecule has 0 aliphatic rings. The van der Waals surface area contributed by atoms with Crippen molar-refractivity contribution < 1.29 is 9.53 Å². The van der Waals surface area contributed by atoms with Crippen LogP contribution in [0.2, 0.25) is 0 Å². The Bertz CT molecular complexity index is 104. The van der Waals surface area contributed by atoms with E-state index in [2.05, 4.69) is 4.74 Å². The fraction of sp³-hybridized carbons (Fsp3) is 0.833. The average molecular weight is 148 g/mol. The number of rotatable bonds is 0. The van der Waals surface area contributed by atoms with Gasteiger partial charge in [-0.25, -0.2) is 4.79 Å². The molecule has 0 spiro atoms. The van der Waals surface area contributed by atoms with E-state index in [1.807, 2.05) is 20.8 Å². The van der Waals surface area contributed by atoms with Crippen LogP contribution in [0.15, 0.2) is 0 Å². The molecule has 0 bridgehead atoms. The van der Waals surface area contributed by atoms with E-state index >= 15 is 0 Å². The number of thioether (sulfide) groups is 1. The second-order valence-corrected chi connectivity index (χ2v) is 4.43. The Morgan fingerprint density at radius 1 is 1.44 bits per heavy atom.